The molecule has 5 N–H and O–H groups in total. The van der Waals surface area contributed by atoms with E-state index in [9.17, 15) is 15.0 Å². The first-order valence-corrected chi connectivity index (χ1v) is 11.5. The number of benzene rings is 2. The molecule has 1 unspecified atom stereocenters. The maximum atomic E-state index is 12.6. The van der Waals surface area contributed by atoms with Crippen molar-refractivity contribution < 1.29 is 15.0 Å². The molecule has 2 aromatic rings. The summed E-state index contributed by atoms with van der Waals surface area (Å²) in [6.07, 6.45) is 1.91. The first kappa shape index (κ1) is 24.3. The predicted molar refractivity (Wildman–Crippen MR) is 129 cm³/mol. The van der Waals surface area contributed by atoms with E-state index in [0.29, 0.717) is 11.1 Å². The van der Waals surface area contributed by atoms with E-state index in [2.05, 4.69) is 16.0 Å². The molecule has 1 aliphatic carbocycles. The third kappa shape index (κ3) is 6.34. The monoisotopic (exact) mass is 503 g/mol. The van der Waals surface area contributed by atoms with Crippen molar-refractivity contribution in [3.63, 3.8) is 0 Å². The van der Waals surface area contributed by atoms with Crippen LogP contribution in [0.15, 0.2) is 36.4 Å². The Balaban J connectivity index is 1.75. The standard InChI is InChI=1S/C21H24Cl3N3O3S/c22-21(23,24)19(26-17(28)13-7-2-1-3-8-13)27-20(31)25-15-11-10-12-6-4-5-9-14(12)16(15)18(29)30/h4-6,9-11,13,18-19,29-30H,1-3,7-8H2,(H,26,28)(H2,25,27,31). The number of hydrogen-bond acceptors (Lipinski definition) is 4. The van der Waals surface area contributed by atoms with E-state index in [0.717, 1.165) is 37.5 Å². The molecule has 3 rings (SSSR count). The Morgan fingerprint density at radius 1 is 1.03 bits per heavy atom. The van der Waals surface area contributed by atoms with Crippen LogP contribution in [0.4, 0.5) is 5.69 Å². The summed E-state index contributed by atoms with van der Waals surface area (Å²) in [6.45, 7) is 0. The molecule has 0 saturated heterocycles. The van der Waals surface area contributed by atoms with Crippen molar-refractivity contribution in [2.24, 2.45) is 5.92 Å². The second kappa shape index (κ2) is 10.5. The lowest BCUT2D eigenvalue weighted by Crippen LogP contribution is -2.57. The summed E-state index contributed by atoms with van der Waals surface area (Å²) in [7, 11) is 0. The van der Waals surface area contributed by atoms with Gasteiger partial charge in [0, 0.05) is 17.2 Å². The topological polar surface area (TPSA) is 93.6 Å². The number of halogens is 3. The molecule has 0 spiro atoms. The fourth-order valence-electron chi connectivity index (χ4n) is 3.80. The van der Waals surface area contributed by atoms with Crippen LogP contribution in [-0.2, 0) is 4.79 Å². The van der Waals surface area contributed by atoms with Crippen LogP contribution in [0.3, 0.4) is 0 Å². The van der Waals surface area contributed by atoms with Crippen LogP contribution >= 0.6 is 47.0 Å². The number of anilines is 1. The van der Waals surface area contributed by atoms with Crippen LogP contribution in [0.25, 0.3) is 10.8 Å². The fraction of sp³-hybridized carbons (Fsp3) is 0.429. The van der Waals surface area contributed by atoms with Gasteiger partial charge in [-0.25, -0.2) is 0 Å². The Morgan fingerprint density at radius 3 is 2.35 bits per heavy atom. The average molecular weight is 505 g/mol. The lowest BCUT2D eigenvalue weighted by Gasteiger charge is -2.30. The van der Waals surface area contributed by atoms with Crippen LogP contribution in [-0.4, -0.2) is 31.2 Å². The van der Waals surface area contributed by atoms with Gasteiger partial charge in [-0.05, 0) is 41.9 Å². The average Bonchev–Trinajstić information content (AvgIpc) is 2.72. The zero-order chi connectivity index (χ0) is 22.6. The third-order valence-electron chi connectivity index (χ3n) is 5.34. The molecule has 0 bridgehead atoms. The second-order valence-electron chi connectivity index (χ2n) is 7.54. The summed E-state index contributed by atoms with van der Waals surface area (Å²) in [4.78, 5) is 12.6. The van der Waals surface area contributed by atoms with E-state index in [4.69, 9.17) is 47.0 Å². The zero-order valence-corrected chi connectivity index (χ0v) is 19.7. The van der Waals surface area contributed by atoms with Gasteiger partial charge in [0.05, 0.1) is 0 Å². The number of fused-ring (bicyclic) bond motifs is 1. The van der Waals surface area contributed by atoms with Gasteiger partial charge in [-0.15, -0.1) is 0 Å². The second-order valence-corrected chi connectivity index (χ2v) is 10.3. The summed E-state index contributed by atoms with van der Waals surface area (Å²) < 4.78 is -1.86. The van der Waals surface area contributed by atoms with Crippen LogP contribution in [0, 0.1) is 5.92 Å². The van der Waals surface area contributed by atoms with E-state index in [1.807, 2.05) is 18.2 Å². The molecule has 0 heterocycles. The normalized spacial score (nSPS) is 16.2. The molecule has 0 aromatic heterocycles. The van der Waals surface area contributed by atoms with E-state index in [1.165, 1.54) is 0 Å². The summed E-state index contributed by atoms with van der Waals surface area (Å²) in [5.41, 5.74) is 0.645. The van der Waals surface area contributed by atoms with E-state index in [-0.39, 0.29) is 22.5 Å². The molecule has 1 atom stereocenters. The molecule has 1 saturated carbocycles. The summed E-state index contributed by atoms with van der Waals surface area (Å²) in [6, 6.07) is 10.8. The van der Waals surface area contributed by atoms with Crippen molar-refractivity contribution in [3.8, 4) is 0 Å². The minimum absolute atomic E-state index is 0.0532. The smallest absolute Gasteiger partial charge is 0.228 e. The number of rotatable bonds is 5. The van der Waals surface area contributed by atoms with Gasteiger partial charge >= 0.3 is 0 Å². The Morgan fingerprint density at radius 2 is 1.71 bits per heavy atom. The van der Waals surface area contributed by atoms with Crippen molar-refractivity contribution in [2.45, 2.75) is 48.4 Å². The number of thiocarbonyl (C=S) groups is 1. The molecular weight excluding hydrogens is 481 g/mol. The van der Waals surface area contributed by atoms with Gasteiger partial charge < -0.3 is 26.2 Å². The molecule has 0 aliphatic heterocycles. The van der Waals surface area contributed by atoms with E-state index >= 15 is 0 Å². The van der Waals surface area contributed by atoms with Crippen LogP contribution < -0.4 is 16.0 Å². The summed E-state index contributed by atoms with van der Waals surface area (Å²) in [5, 5.41) is 29.9. The predicted octanol–water partition coefficient (Wildman–Crippen LogP) is 4.50. The molecule has 31 heavy (non-hydrogen) atoms. The summed E-state index contributed by atoms with van der Waals surface area (Å²) in [5.74, 6) is -0.313. The number of carbonyl (C=O) groups is 1. The van der Waals surface area contributed by atoms with Gasteiger partial charge in [-0.1, -0.05) is 84.4 Å². The first-order chi connectivity index (χ1) is 14.7. The van der Waals surface area contributed by atoms with Crippen molar-refractivity contribution in [1.29, 1.82) is 0 Å². The fourth-order valence-corrected chi connectivity index (χ4v) is 4.35. The van der Waals surface area contributed by atoms with Crippen molar-refractivity contribution >= 4 is 74.5 Å². The highest BCUT2D eigenvalue weighted by Crippen LogP contribution is 2.32. The van der Waals surface area contributed by atoms with Gasteiger partial charge in [0.1, 0.15) is 6.17 Å². The number of hydrogen-bond donors (Lipinski definition) is 5. The summed E-state index contributed by atoms with van der Waals surface area (Å²) >= 11 is 23.6. The highest BCUT2D eigenvalue weighted by Gasteiger charge is 2.36. The van der Waals surface area contributed by atoms with Crippen LogP contribution in [0.1, 0.15) is 44.0 Å². The Bertz CT molecular complexity index is 946. The zero-order valence-electron chi connectivity index (χ0n) is 16.6. The lowest BCUT2D eigenvalue weighted by atomic mass is 9.88. The van der Waals surface area contributed by atoms with Gasteiger partial charge in [0.2, 0.25) is 9.70 Å². The molecule has 168 valence electrons. The minimum atomic E-state index is -1.86. The molecule has 6 nitrogen and oxygen atoms in total. The lowest BCUT2D eigenvalue weighted by molar-refractivity contribution is -0.126. The molecular formula is C21H24Cl3N3O3S. The number of carbonyl (C=O) groups excluding carboxylic acids is 1. The quantitative estimate of drug-likeness (QED) is 0.234. The number of aliphatic hydroxyl groups is 2. The maximum Gasteiger partial charge on any atom is 0.228 e. The minimum Gasteiger partial charge on any atom is -0.364 e. The van der Waals surface area contributed by atoms with E-state index in [1.54, 1.807) is 18.2 Å². The van der Waals surface area contributed by atoms with Crippen LogP contribution in [0.2, 0.25) is 0 Å². The van der Waals surface area contributed by atoms with E-state index < -0.39 is 16.2 Å². The molecule has 0 radical (unpaired) electrons. The molecule has 1 amide bonds. The van der Waals surface area contributed by atoms with Crippen molar-refractivity contribution in [2.75, 3.05) is 5.32 Å². The van der Waals surface area contributed by atoms with Gasteiger partial charge in [0.25, 0.3) is 0 Å². The molecule has 2 aromatic carbocycles. The first-order valence-electron chi connectivity index (χ1n) is 9.99. The third-order valence-corrected chi connectivity index (χ3v) is 6.22. The van der Waals surface area contributed by atoms with Gasteiger partial charge in [0.15, 0.2) is 11.4 Å². The SMILES string of the molecule is O=C(NC(NC(=S)Nc1ccc2ccccc2c1C(O)O)C(Cl)(Cl)Cl)C1CCCCC1. The maximum absolute atomic E-state index is 12.6. The Labute approximate surface area is 201 Å². The van der Waals surface area contributed by atoms with Crippen molar-refractivity contribution in [3.05, 3.63) is 42.0 Å². The number of aliphatic hydroxyl groups excluding tert-OH is 1. The molecule has 1 fully saturated rings. The highest BCUT2D eigenvalue weighted by atomic mass is 35.6. The Hall–Kier alpha value is -1.35. The molecule has 1 aliphatic rings. The number of amides is 1. The largest absolute Gasteiger partial charge is 0.364 e. The Kier molecular flexibility index (Phi) is 8.24. The van der Waals surface area contributed by atoms with Gasteiger partial charge in [-0.2, -0.15) is 0 Å². The van der Waals surface area contributed by atoms with Gasteiger partial charge in [-0.3, -0.25) is 4.79 Å². The molecule has 10 heteroatoms. The number of nitrogens with one attached hydrogen (secondary N) is 3. The number of alkyl halides is 3. The van der Waals surface area contributed by atoms with Crippen LogP contribution in [0.5, 0.6) is 0 Å². The highest BCUT2D eigenvalue weighted by molar-refractivity contribution is 7.80. The van der Waals surface area contributed by atoms with Crippen molar-refractivity contribution in [1.82, 2.24) is 10.6 Å².